The molecule has 2 fully saturated rings. The zero-order valence-corrected chi connectivity index (χ0v) is 11.6. The van der Waals surface area contributed by atoms with Crippen LogP contribution in [-0.4, -0.2) is 24.4 Å². The highest BCUT2D eigenvalue weighted by molar-refractivity contribution is 5.30. The zero-order valence-electron chi connectivity index (χ0n) is 11.6. The molecule has 1 aromatic carbocycles. The molecule has 3 atom stereocenters. The molecule has 1 saturated carbocycles. The third kappa shape index (κ3) is 2.37. The molecule has 2 aliphatic rings. The summed E-state index contributed by atoms with van der Waals surface area (Å²) in [4.78, 5) is 0. The molecule has 0 aromatic heterocycles. The van der Waals surface area contributed by atoms with Gasteiger partial charge in [-0.15, -0.1) is 0 Å². The molecule has 0 unspecified atom stereocenters. The average Bonchev–Trinajstić information content (AvgIpc) is 2.46. The standard InChI is InChI=1S/C16H23NO2/c1-19-13-7-5-12(6-8-13)15-14-4-2-3-9-16(14,18)10-11-17-15/h5-8,14-15,17-18H,2-4,9-11H2,1H3/t14-,15+,16+/m0/s1. The van der Waals surface area contributed by atoms with E-state index in [1.54, 1.807) is 7.11 Å². The normalized spacial score (nSPS) is 34.6. The summed E-state index contributed by atoms with van der Waals surface area (Å²) in [6, 6.07) is 8.54. The number of ether oxygens (including phenoxy) is 1. The van der Waals surface area contributed by atoms with Gasteiger partial charge in [-0.05, 0) is 43.5 Å². The Morgan fingerprint density at radius 3 is 2.74 bits per heavy atom. The number of nitrogens with one attached hydrogen (secondary N) is 1. The molecule has 1 aliphatic heterocycles. The van der Waals surface area contributed by atoms with Gasteiger partial charge in [0.1, 0.15) is 5.75 Å². The molecular formula is C16H23NO2. The van der Waals surface area contributed by atoms with E-state index in [-0.39, 0.29) is 6.04 Å². The van der Waals surface area contributed by atoms with Crippen LogP contribution in [0.4, 0.5) is 0 Å². The summed E-state index contributed by atoms with van der Waals surface area (Å²) >= 11 is 0. The monoisotopic (exact) mass is 261 g/mol. The predicted octanol–water partition coefficient (Wildman–Crippen LogP) is 2.65. The molecular weight excluding hydrogens is 238 g/mol. The first-order chi connectivity index (χ1) is 9.23. The molecule has 0 spiro atoms. The van der Waals surface area contributed by atoms with Crippen LogP contribution in [0.25, 0.3) is 0 Å². The molecule has 0 bridgehead atoms. The summed E-state index contributed by atoms with van der Waals surface area (Å²) in [5.74, 6) is 1.24. The van der Waals surface area contributed by atoms with Crippen molar-refractivity contribution in [2.24, 2.45) is 5.92 Å². The van der Waals surface area contributed by atoms with Crippen LogP contribution in [-0.2, 0) is 0 Å². The molecule has 0 radical (unpaired) electrons. The lowest BCUT2D eigenvalue weighted by Gasteiger charge is -2.48. The van der Waals surface area contributed by atoms with E-state index in [1.165, 1.54) is 18.4 Å². The Morgan fingerprint density at radius 1 is 1.21 bits per heavy atom. The lowest BCUT2D eigenvalue weighted by molar-refractivity contribution is -0.0861. The van der Waals surface area contributed by atoms with E-state index in [2.05, 4.69) is 17.4 Å². The summed E-state index contributed by atoms with van der Waals surface area (Å²) in [6.07, 6.45) is 5.39. The van der Waals surface area contributed by atoms with Crippen molar-refractivity contribution < 1.29 is 9.84 Å². The summed E-state index contributed by atoms with van der Waals surface area (Å²) in [7, 11) is 1.69. The molecule has 104 valence electrons. The highest BCUT2D eigenvalue weighted by Crippen LogP contribution is 2.45. The topological polar surface area (TPSA) is 41.5 Å². The Morgan fingerprint density at radius 2 is 2.00 bits per heavy atom. The van der Waals surface area contributed by atoms with Gasteiger partial charge in [0.05, 0.1) is 12.7 Å². The zero-order chi connectivity index (χ0) is 13.3. The molecule has 3 nitrogen and oxygen atoms in total. The third-order valence-corrected chi connectivity index (χ3v) is 4.86. The molecule has 19 heavy (non-hydrogen) atoms. The second-order valence-electron chi connectivity index (χ2n) is 5.91. The first-order valence-corrected chi connectivity index (χ1v) is 7.33. The van der Waals surface area contributed by atoms with Crippen molar-refractivity contribution in [3.05, 3.63) is 29.8 Å². The van der Waals surface area contributed by atoms with E-state index >= 15 is 0 Å². The minimum atomic E-state index is -0.450. The quantitative estimate of drug-likeness (QED) is 0.860. The van der Waals surface area contributed by atoms with Gasteiger partial charge >= 0.3 is 0 Å². The van der Waals surface area contributed by atoms with Crippen molar-refractivity contribution in [3.63, 3.8) is 0 Å². The lowest BCUT2D eigenvalue weighted by atomic mass is 9.67. The van der Waals surface area contributed by atoms with E-state index in [4.69, 9.17) is 4.74 Å². The summed E-state index contributed by atoms with van der Waals surface area (Å²) in [5.41, 5.74) is 0.819. The first-order valence-electron chi connectivity index (χ1n) is 7.33. The summed E-state index contributed by atoms with van der Waals surface area (Å²) < 4.78 is 5.21. The van der Waals surface area contributed by atoms with Crippen molar-refractivity contribution in [2.75, 3.05) is 13.7 Å². The minimum Gasteiger partial charge on any atom is -0.497 e. The van der Waals surface area contributed by atoms with Crippen LogP contribution in [0, 0.1) is 5.92 Å². The van der Waals surface area contributed by atoms with E-state index < -0.39 is 5.60 Å². The lowest BCUT2D eigenvalue weighted by Crippen LogP contribution is -2.53. The number of aliphatic hydroxyl groups is 1. The number of benzene rings is 1. The maximum absolute atomic E-state index is 10.9. The largest absolute Gasteiger partial charge is 0.497 e. The van der Waals surface area contributed by atoms with Gasteiger partial charge in [-0.3, -0.25) is 0 Å². The first kappa shape index (κ1) is 12.9. The summed E-state index contributed by atoms with van der Waals surface area (Å²) in [6.45, 7) is 0.906. The van der Waals surface area contributed by atoms with E-state index in [1.807, 2.05) is 12.1 Å². The fourth-order valence-corrected chi connectivity index (χ4v) is 3.78. The number of piperidine rings is 1. The van der Waals surface area contributed by atoms with E-state index in [0.29, 0.717) is 5.92 Å². The van der Waals surface area contributed by atoms with Crippen molar-refractivity contribution in [2.45, 2.75) is 43.7 Å². The Labute approximate surface area is 115 Å². The van der Waals surface area contributed by atoms with Crippen LogP contribution in [0.2, 0.25) is 0 Å². The Kier molecular flexibility index (Phi) is 3.50. The van der Waals surface area contributed by atoms with Crippen molar-refractivity contribution in [1.29, 1.82) is 0 Å². The molecule has 1 aliphatic carbocycles. The molecule has 1 aromatic rings. The molecule has 2 N–H and O–H groups in total. The SMILES string of the molecule is COc1ccc([C@H]2NCC[C@]3(O)CCCC[C@@H]23)cc1. The maximum Gasteiger partial charge on any atom is 0.118 e. The van der Waals surface area contributed by atoms with E-state index in [0.717, 1.165) is 31.6 Å². The van der Waals surface area contributed by atoms with Gasteiger partial charge in [0.2, 0.25) is 0 Å². The van der Waals surface area contributed by atoms with Gasteiger partial charge in [-0.2, -0.15) is 0 Å². The molecule has 3 heteroatoms. The van der Waals surface area contributed by atoms with Crippen LogP contribution in [0.15, 0.2) is 24.3 Å². The van der Waals surface area contributed by atoms with Gasteiger partial charge in [0.25, 0.3) is 0 Å². The van der Waals surface area contributed by atoms with E-state index in [9.17, 15) is 5.11 Å². The van der Waals surface area contributed by atoms with Crippen molar-refractivity contribution in [1.82, 2.24) is 5.32 Å². The second kappa shape index (κ2) is 5.14. The highest BCUT2D eigenvalue weighted by Gasteiger charge is 2.45. The van der Waals surface area contributed by atoms with Crippen molar-refractivity contribution >= 4 is 0 Å². The smallest absolute Gasteiger partial charge is 0.118 e. The number of hydrogen-bond acceptors (Lipinski definition) is 3. The fraction of sp³-hybridized carbons (Fsp3) is 0.625. The molecule has 1 saturated heterocycles. The molecule has 1 heterocycles. The molecule has 0 amide bonds. The van der Waals surface area contributed by atoms with Gasteiger partial charge in [-0.1, -0.05) is 25.0 Å². The Bertz CT molecular complexity index is 427. The van der Waals surface area contributed by atoms with Crippen LogP contribution in [0.3, 0.4) is 0 Å². The van der Waals surface area contributed by atoms with Crippen LogP contribution < -0.4 is 10.1 Å². The number of methoxy groups -OCH3 is 1. The van der Waals surface area contributed by atoms with Crippen LogP contribution >= 0.6 is 0 Å². The third-order valence-electron chi connectivity index (χ3n) is 4.86. The summed E-state index contributed by atoms with van der Waals surface area (Å²) in [5, 5.41) is 14.5. The molecule has 3 rings (SSSR count). The minimum absolute atomic E-state index is 0.282. The number of fused-ring (bicyclic) bond motifs is 1. The predicted molar refractivity (Wildman–Crippen MR) is 75.3 cm³/mol. The average molecular weight is 261 g/mol. The number of hydrogen-bond donors (Lipinski definition) is 2. The fourth-order valence-electron chi connectivity index (χ4n) is 3.78. The highest BCUT2D eigenvalue weighted by atomic mass is 16.5. The maximum atomic E-state index is 10.9. The van der Waals surface area contributed by atoms with Crippen molar-refractivity contribution in [3.8, 4) is 5.75 Å². The Balaban J connectivity index is 1.85. The van der Waals surface area contributed by atoms with Gasteiger partial charge < -0.3 is 15.2 Å². The van der Waals surface area contributed by atoms with Crippen LogP contribution in [0.1, 0.15) is 43.7 Å². The van der Waals surface area contributed by atoms with Gasteiger partial charge in [0, 0.05) is 12.0 Å². The van der Waals surface area contributed by atoms with Crippen LogP contribution in [0.5, 0.6) is 5.75 Å². The number of rotatable bonds is 2. The second-order valence-corrected chi connectivity index (χ2v) is 5.91. The Hall–Kier alpha value is -1.06. The van der Waals surface area contributed by atoms with Gasteiger partial charge in [0.15, 0.2) is 0 Å². The van der Waals surface area contributed by atoms with Gasteiger partial charge in [-0.25, -0.2) is 0 Å².